The Kier molecular flexibility index (Phi) is 11.5. The highest BCUT2D eigenvalue weighted by molar-refractivity contribution is 5.12. The third-order valence-electron chi connectivity index (χ3n) is 2.47. The molecule has 2 aliphatic carbocycles. The Balaban J connectivity index is 0.000000147. The Morgan fingerprint density at radius 1 is 0.545 bits per heavy atom. The summed E-state index contributed by atoms with van der Waals surface area (Å²) >= 11 is 0. The summed E-state index contributed by atoms with van der Waals surface area (Å²) in [5.41, 5.74) is 2.52. The summed E-state index contributed by atoms with van der Waals surface area (Å²) in [7, 11) is 0. The predicted octanol–water partition coefficient (Wildman–Crippen LogP) is 5.24. The molecule has 114 valence electrons. The number of allylic oxidation sites excluding steroid dienone is 10. The van der Waals surface area contributed by atoms with Crippen molar-refractivity contribution in [3.05, 3.63) is 110 Å². The number of nitrogens with one attached hydrogen (secondary N) is 1. The second-order valence-electron chi connectivity index (χ2n) is 4.26. The van der Waals surface area contributed by atoms with Crippen LogP contribution in [0, 0.1) is 0 Å². The maximum atomic E-state index is 4.55. The number of hydrogen-bond donors (Lipinski definition) is 1. The van der Waals surface area contributed by atoms with E-state index in [1.54, 1.807) is 18.5 Å². The summed E-state index contributed by atoms with van der Waals surface area (Å²) in [4.78, 5) is 4.55. The lowest BCUT2D eigenvalue weighted by Crippen LogP contribution is -2.01. The van der Waals surface area contributed by atoms with Crippen molar-refractivity contribution in [1.29, 1.82) is 0 Å². The first-order chi connectivity index (χ1) is 11.0. The highest BCUT2D eigenvalue weighted by atomic mass is 16.6. The van der Waals surface area contributed by atoms with Gasteiger partial charge in [0.05, 0.1) is 0 Å². The van der Waals surface area contributed by atoms with E-state index in [2.05, 4.69) is 58.9 Å². The smallest absolute Gasteiger partial charge is 0.119 e. The van der Waals surface area contributed by atoms with Crippen molar-refractivity contribution in [2.75, 3.05) is 0 Å². The number of hydrogen-bond acceptors (Lipinski definition) is 2. The van der Waals surface area contributed by atoms with Crippen LogP contribution in [0.2, 0.25) is 0 Å². The second kappa shape index (κ2) is 14.7. The molecule has 1 aromatic rings. The van der Waals surface area contributed by atoms with Crippen LogP contribution in [0.1, 0.15) is 12.8 Å². The van der Waals surface area contributed by atoms with E-state index in [1.807, 2.05) is 42.5 Å². The van der Waals surface area contributed by atoms with Gasteiger partial charge in [0.15, 0.2) is 0 Å². The molecule has 1 aromatic carbocycles. The van der Waals surface area contributed by atoms with Crippen LogP contribution in [0.25, 0.3) is 0 Å². The summed E-state index contributed by atoms with van der Waals surface area (Å²) < 4.78 is 0. The minimum absolute atomic E-state index is 1.14. The average Bonchev–Trinajstić information content (AvgIpc) is 3.37. The molecule has 22 heavy (non-hydrogen) atoms. The minimum atomic E-state index is 1.14. The van der Waals surface area contributed by atoms with Crippen molar-refractivity contribution in [1.82, 2.24) is 5.48 Å². The van der Waals surface area contributed by atoms with Gasteiger partial charge in [0.1, 0.15) is 6.26 Å². The molecule has 2 nitrogen and oxygen atoms in total. The Bertz CT molecular complexity index is 441. The van der Waals surface area contributed by atoms with E-state index in [1.165, 1.54) is 0 Å². The summed E-state index contributed by atoms with van der Waals surface area (Å²) in [6.07, 6.45) is 25.9. The van der Waals surface area contributed by atoms with Crippen LogP contribution in [0.5, 0.6) is 0 Å². The monoisotopic (exact) mass is 293 g/mol. The van der Waals surface area contributed by atoms with Gasteiger partial charge in [-0.05, 0) is 25.0 Å². The molecule has 0 saturated heterocycles. The maximum absolute atomic E-state index is 4.55. The molecule has 4 rings (SSSR count). The molecule has 0 amide bonds. The Labute approximate surface area is 133 Å². The van der Waals surface area contributed by atoms with Gasteiger partial charge in [-0.15, -0.1) is 0 Å². The molecule has 0 fully saturated rings. The molecule has 0 aromatic heterocycles. The molecule has 1 aliphatic heterocycles. The second-order valence-corrected chi connectivity index (χ2v) is 4.26. The molecule has 2 heteroatoms. The van der Waals surface area contributed by atoms with E-state index in [9.17, 15) is 0 Å². The van der Waals surface area contributed by atoms with Gasteiger partial charge in [-0.3, -0.25) is 0 Å². The van der Waals surface area contributed by atoms with Gasteiger partial charge < -0.3 is 4.84 Å². The normalized spacial score (nSPS) is 14.5. The molecular weight excluding hydrogens is 270 g/mol. The molecule has 0 saturated carbocycles. The molecule has 1 heterocycles. The third-order valence-corrected chi connectivity index (χ3v) is 2.47. The van der Waals surface area contributed by atoms with E-state index in [4.69, 9.17) is 0 Å². The SMILES string of the molecule is C1=CCC=C1.C1=CCC=C1.C1=CNOC=C1.c1ccccc1. The Morgan fingerprint density at radius 3 is 1.14 bits per heavy atom. The molecular formula is C20H23NO. The first-order valence-electron chi connectivity index (χ1n) is 7.36. The van der Waals surface area contributed by atoms with E-state index >= 15 is 0 Å². The highest BCUT2D eigenvalue weighted by Crippen LogP contribution is 1.93. The van der Waals surface area contributed by atoms with Crippen molar-refractivity contribution < 1.29 is 4.84 Å². The fourth-order valence-corrected chi connectivity index (χ4v) is 1.43. The quantitative estimate of drug-likeness (QED) is 0.706. The third kappa shape index (κ3) is 12.3. The van der Waals surface area contributed by atoms with Crippen LogP contribution in [0.3, 0.4) is 0 Å². The number of hydroxylamine groups is 1. The zero-order chi connectivity index (χ0) is 15.6. The highest BCUT2D eigenvalue weighted by Gasteiger charge is 1.73. The zero-order valence-electron chi connectivity index (χ0n) is 12.7. The predicted molar refractivity (Wildman–Crippen MR) is 94.7 cm³/mol. The number of rotatable bonds is 0. The summed E-state index contributed by atoms with van der Waals surface area (Å²) in [6.45, 7) is 0. The fraction of sp³-hybridized carbons (Fsp3) is 0.100. The van der Waals surface area contributed by atoms with E-state index in [0.717, 1.165) is 12.8 Å². The van der Waals surface area contributed by atoms with Crippen LogP contribution in [0.4, 0.5) is 0 Å². The maximum Gasteiger partial charge on any atom is 0.119 e. The molecule has 0 atom stereocenters. The molecule has 0 radical (unpaired) electrons. The zero-order valence-corrected chi connectivity index (χ0v) is 12.7. The van der Waals surface area contributed by atoms with E-state index in [0.29, 0.717) is 0 Å². The molecule has 1 N–H and O–H groups in total. The Hall–Kier alpha value is -2.74. The first-order valence-corrected chi connectivity index (χ1v) is 7.36. The summed E-state index contributed by atoms with van der Waals surface area (Å²) in [5.74, 6) is 0. The van der Waals surface area contributed by atoms with Gasteiger partial charge in [0, 0.05) is 6.20 Å². The lowest BCUT2D eigenvalue weighted by Gasteiger charge is -1.97. The fourth-order valence-electron chi connectivity index (χ4n) is 1.43. The van der Waals surface area contributed by atoms with Crippen molar-refractivity contribution >= 4 is 0 Å². The lowest BCUT2D eigenvalue weighted by atomic mass is 10.4. The van der Waals surface area contributed by atoms with Crippen molar-refractivity contribution in [2.24, 2.45) is 0 Å². The van der Waals surface area contributed by atoms with Crippen molar-refractivity contribution in [2.45, 2.75) is 12.8 Å². The van der Waals surface area contributed by atoms with Gasteiger partial charge in [0.2, 0.25) is 0 Å². The van der Waals surface area contributed by atoms with E-state index in [-0.39, 0.29) is 0 Å². The summed E-state index contributed by atoms with van der Waals surface area (Å²) in [6, 6.07) is 12.0. The topological polar surface area (TPSA) is 21.3 Å². The largest absolute Gasteiger partial charge is 0.391 e. The molecule has 0 bridgehead atoms. The van der Waals surface area contributed by atoms with Crippen LogP contribution in [0.15, 0.2) is 110 Å². The number of benzene rings is 1. The molecule has 0 unspecified atom stereocenters. The van der Waals surface area contributed by atoms with Gasteiger partial charge >= 0.3 is 0 Å². The van der Waals surface area contributed by atoms with Crippen molar-refractivity contribution in [3.8, 4) is 0 Å². The average molecular weight is 293 g/mol. The van der Waals surface area contributed by atoms with Crippen molar-refractivity contribution in [3.63, 3.8) is 0 Å². The molecule has 3 aliphatic rings. The van der Waals surface area contributed by atoms with Gasteiger partial charge in [0.25, 0.3) is 0 Å². The van der Waals surface area contributed by atoms with E-state index < -0.39 is 0 Å². The lowest BCUT2D eigenvalue weighted by molar-refractivity contribution is 0.172. The first kappa shape index (κ1) is 17.3. The van der Waals surface area contributed by atoms with Crippen LogP contribution in [-0.2, 0) is 4.84 Å². The van der Waals surface area contributed by atoms with Crippen LogP contribution in [-0.4, -0.2) is 0 Å². The summed E-state index contributed by atoms with van der Waals surface area (Å²) in [5, 5.41) is 0. The van der Waals surface area contributed by atoms with Crippen LogP contribution >= 0.6 is 0 Å². The van der Waals surface area contributed by atoms with Gasteiger partial charge in [-0.25, -0.2) is 5.48 Å². The standard InChI is InChI=1S/C6H6.2C5H6.C4H5NO/c1-2-4-6-5-3-1;2*1-2-4-5-3-1;1-2-4-6-5-3-1/h1-6H;2*1-4H,5H2;1-5H. The van der Waals surface area contributed by atoms with Gasteiger partial charge in [-0.2, -0.15) is 0 Å². The Morgan fingerprint density at radius 2 is 1.00 bits per heavy atom. The molecule has 0 spiro atoms. The van der Waals surface area contributed by atoms with Crippen LogP contribution < -0.4 is 5.48 Å². The van der Waals surface area contributed by atoms with Gasteiger partial charge in [-0.1, -0.05) is 85.0 Å². The minimum Gasteiger partial charge on any atom is -0.391 e.